The van der Waals surface area contributed by atoms with Crippen LogP contribution in [-0.4, -0.2) is 45.9 Å². The van der Waals surface area contributed by atoms with Gasteiger partial charge in [0.15, 0.2) is 12.8 Å². The Morgan fingerprint density at radius 2 is 1.90 bits per heavy atom. The maximum atomic E-state index is 13.0. The predicted octanol–water partition coefficient (Wildman–Crippen LogP) is 1.64. The summed E-state index contributed by atoms with van der Waals surface area (Å²) < 4.78 is 26.1. The van der Waals surface area contributed by atoms with E-state index in [0.29, 0.717) is 23.1 Å². The summed E-state index contributed by atoms with van der Waals surface area (Å²) in [6.07, 6.45) is 3.07. The molecule has 1 aromatic carbocycles. The van der Waals surface area contributed by atoms with Crippen LogP contribution in [-0.2, 0) is 6.67 Å². The van der Waals surface area contributed by atoms with E-state index in [0.717, 1.165) is 32.1 Å². The number of quaternary nitrogens is 1. The minimum Gasteiger partial charge on any atom is -0.481 e. The number of aromatic nitrogens is 4. The van der Waals surface area contributed by atoms with Crippen molar-refractivity contribution in [3.05, 3.63) is 59.3 Å². The van der Waals surface area contributed by atoms with Crippen LogP contribution in [0.15, 0.2) is 47.1 Å². The van der Waals surface area contributed by atoms with E-state index in [2.05, 4.69) is 20.0 Å². The van der Waals surface area contributed by atoms with Gasteiger partial charge in [-0.1, -0.05) is 0 Å². The fraction of sp³-hybridized carbons (Fsp3) is 0.368. The lowest BCUT2D eigenvalue weighted by Crippen LogP contribution is -3.14. The number of piperazine rings is 1. The van der Waals surface area contributed by atoms with E-state index in [1.807, 2.05) is 13.0 Å². The molecule has 152 valence electrons. The fourth-order valence-electron chi connectivity index (χ4n) is 3.20. The monoisotopic (exact) mass is 417 g/mol. The van der Waals surface area contributed by atoms with Crippen LogP contribution in [0.3, 0.4) is 0 Å². The fourth-order valence-corrected chi connectivity index (χ4v) is 3.39. The molecule has 0 bridgehead atoms. The van der Waals surface area contributed by atoms with Crippen molar-refractivity contribution in [2.45, 2.75) is 19.7 Å². The lowest BCUT2D eigenvalue weighted by Gasteiger charge is -2.31. The third-order valence-corrected chi connectivity index (χ3v) is 5.07. The number of hydrogen-bond donors (Lipinski definition) is 1. The second kappa shape index (κ2) is 8.66. The van der Waals surface area contributed by atoms with Crippen LogP contribution in [0.25, 0.3) is 0 Å². The molecule has 1 aliphatic heterocycles. The first kappa shape index (κ1) is 19.5. The summed E-state index contributed by atoms with van der Waals surface area (Å²) in [5.41, 5.74) is 0. The second-order valence-corrected chi connectivity index (χ2v) is 7.21. The molecule has 4 rings (SSSR count). The van der Waals surface area contributed by atoms with Gasteiger partial charge in [0.1, 0.15) is 11.6 Å². The van der Waals surface area contributed by atoms with Gasteiger partial charge in [0.2, 0.25) is 5.95 Å². The average molecular weight is 417 g/mol. The van der Waals surface area contributed by atoms with Crippen LogP contribution < -0.4 is 14.5 Å². The highest BCUT2D eigenvalue weighted by Crippen LogP contribution is 2.21. The SMILES string of the molecule is C[C@@H](Oc1ccc(F)cc1)c1nn(C[NH+]2CCN(c3ncccn3)CC2)c(=S)o1. The van der Waals surface area contributed by atoms with Crippen LogP contribution in [0, 0.1) is 10.7 Å². The highest BCUT2D eigenvalue weighted by Gasteiger charge is 2.23. The minimum absolute atomic E-state index is 0.311. The van der Waals surface area contributed by atoms with E-state index in [1.165, 1.54) is 17.0 Å². The number of nitrogens with zero attached hydrogens (tertiary/aromatic N) is 5. The molecule has 0 unspecified atom stereocenters. The molecule has 3 heterocycles. The van der Waals surface area contributed by atoms with Crippen molar-refractivity contribution in [1.82, 2.24) is 19.7 Å². The van der Waals surface area contributed by atoms with Gasteiger partial charge in [-0.05, 0) is 49.5 Å². The quantitative estimate of drug-likeness (QED) is 0.611. The molecule has 2 aromatic heterocycles. The van der Waals surface area contributed by atoms with Crippen molar-refractivity contribution >= 4 is 18.2 Å². The first-order chi connectivity index (χ1) is 14.1. The van der Waals surface area contributed by atoms with Gasteiger partial charge in [-0.15, -0.1) is 5.10 Å². The molecular formula is C19H22FN6O2S+. The van der Waals surface area contributed by atoms with Crippen molar-refractivity contribution in [3.63, 3.8) is 0 Å². The Kier molecular flexibility index (Phi) is 5.81. The molecule has 0 spiro atoms. The molecule has 1 N–H and O–H groups in total. The van der Waals surface area contributed by atoms with Crippen LogP contribution in [0.2, 0.25) is 0 Å². The van der Waals surface area contributed by atoms with Crippen molar-refractivity contribution in [2.24, 2.45) is 0 Å². The number of ether oxygens (including phenoxy) is 1. The van der Waals surface area contributed by atoms with E-state index < -0.39 is 6.10 Å². The number of anilines is 1. The van der Waals surface area contributed by atoms with Gasteiger partial charge < -0.3 is 19.0 Å². The first-order valence-corrected chi connectivity index (χ1v) is 9.85. The summed E-state index contributed by atoms with van der Waals surface area (Å²) in [4.78, 5) is 12.5. The minimum atomic E-state index is -0.439. The van der Waals surface area contributed by atoms with Gasteiger partial charge in [0.05, 0.1) is 26.2 Å². The van der Waals surface area contributed by atoms with E-state index in [4.69, 9.17) is 21.4 Å². The van der Waals surface area contributed by atoms with Crippen LogP contribution >= 0.6 is 12.2 Å². The maximum Gasteiger partial charge on any atom is 0.292 e. The molecular weight excluding hydrogens is 395 g/mol. The zero-order valence-electron chi connectivity index (χ0n) is 16.0. The highest BCUT2D eigenvalue weighted by molar-refractivity contribution is 7.71. The van der Waals surface area contributed by atoms with Gasteiger partial charge in [-0.2, -0.15) is 4.68 Å². The number of nitrogens with one attached hydrogen (secondary N) is 1. The smallest absolute Gasteiger partial charge is 0.292 e. The zero-order chi connectivity index (χ0) is 20.2. The molecule has 0 aliphatic carbocycles. The molecule has 0 saturated carbocycles. The van der Waals surface area contributed by atoms with E-state index in [-0.39, 0.29) is 5.82 Å². The molecule has 1 fully saturated rings. The molecule has 1 atom stereocenters. The largest absolute Gasteiger partial charge is 0.481 e. The van der Waals surface area contributed by atoms with Gasteiger partial charge >= 0.3 is 0 Å². The standard InChI is InChI=1S/C19H21FN6O2S/c1-14(27-16-5-3-15(20)4-6-16)17-23-26(19(29)28-17)13-24-9-11-25(12-10-24)18-21-7-2-8-22-18/h2-8,14H,9-13H2,1H3/p+1/t14-/m1/s1. The summed E-state index contributed by atoms with van der Waals surface area (Å²) >= 11 is 5.33. The average Bonchev–Trinajstić information content (AvgIpc) is 3.11. The number of hydrogen-bond acceptors (Lipinski definition) is 7. The first-order valence-electron chi connectivity index (χ1n) is 9.44. The zero-order valence-corrected chi connectivity index (χ0v) is 16.8. The third kappa shape index (κ3) is 4.77. The summed E-state index contributed by atoms with van der Waals surface area (Å²) in [7, 11) is 0. The van der Waals surface area contributed by atoms with Gasteiger partial charge in [-0.25, -0.2) is 14.4 Å². The molecule has 0 amide bonds. The molecule has 3 aromatic rings. The number of benzene rings is 1. The molecule has 1 aliphatic rings. The Balaban J connectivity index is 1.35. The molecule has 8 nitrogen and oxygen atoms in total. The second-order valence-electron chi connectivity index (χ2n) is 6.86. The highest BCUT2D eigenvalue weighted by atomic mass is 32.1. The summed E-state index contributed by atoms with van der Waals surface area (Å²) in [5.74, 6) is 1.39. The van der Waals surface area contributed by atoms with E-state index in [1.54, 1.807) is 29.2 Å². The number of rotatable bonds is 6. The summed E-state index contributed by atoms with van der Waals surface area (Å²) in [5, 5.41) is 4.48. The van der Waals surface area contributed by atoms with Crippen molar-refractivity contribution in [3.8, 4) is 5.75 Å². The molecule has 10 heteroatoms. The molecule has 29 heavy (non-hydrogen) atoms. The van der Waals surface area contributed by atoms with Gasteiger partial charge in [-0.3, -0.25) is 0 Å². The van der Waals surface area contributed by atoms with E-state index >= 15 is 0 Å². The Labute approximate surface area is 172 Å². The maximum absolute atomic E-state index is 13.0. The third-order valence-electron chi connectivity index (χ3n) is 4.78. The van der Waals surface area contributed by atoms with Crippen molar-refractivity contribution < 1.29 is 18.4 Å². The normalized spacial score (nSPS) is 16.0. The summed E-state index contributed by atoms with van der Waals surface area (Å²) in [6, 6.07) is 7.64. The molecule has 1 saturated heterocycles. The summed E-state index contributed by atoms with van der Waals surface area (Å²) in [6.45, 7) is 6.01. The van der Waals surface area contributed by atoms with E-state index in [9.17, 15) is 4.39 Å². The molecule has 0 radical (unpaired) electrons. The van der Waals surface area contributed by atoms with Crippen LogP contribution in [0.1, 0.15) is 18.9 Å². The van der Waals surface area contributed by atoms with Crippen molar-refractivity contribution in [1.29, 1.82) is 0 Å². The van der Waals surface area contributed by atoms with Crippen LogP contribution in [0.5, 0.6) is 5.75 Å². The Hall–Kier alpha value is -2.85. The topological polar surface area (TPSA) is 73.7 Å². The van der Waals surface area contributed by atoms with Crippen LogP contribution in [0.4, 0.5) is 10.3 Å². The van der Waals surface area contributed by atoms with Crippen molar-refractivity contribution in [2.75, 3.05) is 31.1 Å². The Bertz CT molecular complexity index is 986. The van der Waals surface area contributed by atoms with Gasteiger partial charge in [0.25, 0.3) is 10.7 Å². The predicted molar refractivity (Wildman–Crippen MR) is 106 cm³/mol. The van der Waals surface area contributed by atoms with Gasteiger partial charge in [0, 0.05) is 12.4 Å². The Morgan fingerprint density at radius 1 is 1.21 bits per heavy atom. The number of halogens is 1. The Morgan fingerprint density at radius 3 is 2.59 bits per heavy atom. The lowest BCUT2D eigenvalue weighted by molar-refractivity contribution is -0.924. The lowest BCUT2D eigenvalue weighted by atomic mass is 10.3.